The van der Waals surface area contributed by atoms with E-state index in [1.165, 1.54) is 11.4 Å². The summed E-state index contributed by atoms with van der Waals surface area (Å²) in [6.07, 6.45) is 0. The zero-order chi connectivity index (χ0) is 24.7. The second-order valence-electron chi connectivity index (χ2n) is 7.37. The lowest BCUT2D eigenvalue weighted by atomic mass is 10.2. The number of thiophene rings is 1. The molecule has 0 atom stereocenters. The Labute approximate surface area is 208 Å². The number of rotatable bonds is 10. The summed E-state index contributed by atoms with van der Waals surface area (Å²) >= 11 is 1.16. The van der Waals surface area contributed by atoms with E-state index >= 15 is 0 Å². The summed E-state index contributed by atoms with van der Waals surface area (Å²) in [5.74, 6) is 1.16. The molecule has 1 aromatic heterocycles. The number of carbonyl (C=O) groups is 1. The molecular formula is C26H23NO6S2. The predicted molar refractivity (Wildman–Crippen MR) is 135 cm³/mol. The first-order valence-corrected chi connectivity index (χ1v) is 13.0. The Balaban J connectivity index is 1.30. The lowest BCUT2D eigenvalue weighted by molar-refractivity contribution is -0.147. The molecular weight excluding hydrogens is 486 g/mol. The van der Waals surface area contributed by atoms with E-state index < -0.39 is 16.0 Å². The van der Waals surface area contributed by atoms with E-state index in [0.29, 0.717) is 22.9 Å². The molecule has 0 fully saturated rings. The van der Waals surface area contributed by atoms with Crippen LogP contribution in [0, 0.1) is 0 Å². The van der Waals surface area contributed by atoms with Gasteiger partial charge in [-0.1, -0.05) is 42.5 Å². The second-order valence-corrected chi connectivity index (χ2v) is 10.5. The number of hydrogen-bond acceptors (Lipinski definition) is 7. The Bertz CT molecular complexity index is 1350. The Morgan fingerprint density at radius 3 is 2.29 bits per heavy atom. The van der Waals surface area contributed by atoms with Crippen LogP contribution in [-0.2, 0) is 26.2 Å². The third-order valence-electron chi connectivity index (χ3n) is 5.00. The Morgan fingerprint density at radius 2 is 1.57 bits per heavy atom. The molecule has 0 aliphatic carbocycles. The van der Waals surface area contributed by atoms with E-state index in [9.17, 15) is 13.2 Å². The summed E-state index contributed by atoms with van der Waals surface area (Å²) in [5, 5.41) is 1.71. The van der Waals surface area contributed by atoms with Crippen molar-refractivity contribution >= 4 is 33.0 Å². The van der Waals surface area contributed by atoms with E-state index in [2.05, 4.69) is 0 Å². The zero-order valence-corrected chi connectivity index (χ0v) is 20.5. The molecule has 0 saturated carbocycles. The van der Waals surface area contributed by atoms with Crippen LogP contribution in [0.3, 0.4) is 0 Å². The lowest BCUT2D eigenvalue weighted by Gasteiger charge is -2.18. The lowest BCUT2D eigenvalue weighted by Crippen LogP contribution is -2.25. The molecule has 0 saturated heterocycles. The highest BCUT2D eigenvalue weighted by molar-refractivity contribution is 7.94. The van der Waals surface area contributed by atoms with Gasteiger partial charge in [0.15, 0.2) is 6.61 Å². The molecule has 1 heterocycles. The number of esters is 1. The number of anilines is 1. The van der Waals surface area contributed by atoms with Crippen LogP contribution >= 0.6 is 11.3 Å². The Morgan fingerprint density at radius 1 is 0.857 bits per heavy atom. The van der Waals surface area contributed by atoms with Crippen molar-refractivity contribution in [2.24, 2.45) is 0 Å². The maximum Gasteiger partial charge on any atom is 0.344 e. The number of benzene rings is 3. The predicted octanol–water partition coefficient (Wildman–Crippen LogP) is 5.49. The number of para-hydroxylation sites is 2. The Kier molecular flexibility index (Phi) is 7.69. The van der Waals surface area contributed by atoms with Gasteiger partial charge in [-0.15, -0.1) is 11.3 Å². The summed E-state index contributed by atoms with van der Waals surface area (Å²) in [5.41, 5.74) is 1.20. The van der Waals surface area contributed by atoms with E-state index in [1.807, 2.05) is 54.6 Å². The van der Waals surface area contributed by atoms with Crippen molar-refractivity contribution in [2.45, 2.75) is 10.8 Å². The van der Waals surface area contributed by atoms with Gasteiger partial charge in [-0.2, -0.15) is 0 Å². The average molecular weight is 510 g/mol. The zero-order valence-electron chi connectivity index (χ0n) is 18.9. The van der Waals surface area contributed by atoms with Crippen LogP contribution in [0.5, 0.6) is 17.2 Å². The van der Waals surface area contributed by atoms with E-state index in [1.54, 1.807) is 41.8 Å². The quantitative estimate of drug-likeness (QED) is 0.263. The highest BCUT2D eigenvalue weighted by Crippen LogP contribution is 2.27. The standard InChI is InChI=1S/C26H23NO6S2/c1-27(35(29,30)26-12-7-17-34-26)21-13-15-22(16-14-21)31-19-25(28)32-18-20-8-5-6-11-24(20)33-23-9-3-2-4-10-23/h2-17H,18-19H2,1H3. The topological polar surface area (TPSA) is 82.1 Å². The summed E-state index contributed by atoms with van der Waals surface area (Å²) in [4.78, 5) is 12.2. The van der Waals surface area contributed by atoms with E-state index in [0.717, 1.165) is 16.9 Å². The minimum Gasteiger partial charge on any atom is -0.482 e. The van der Waals surface area contributed by atoms with Crippen molar-refractivity contribution in [1.29, 1.82) is 0 Å². The van der Waals surface area contributed by atoms with Crippen LogP contribution in [0.15, 0.2) is 101 Å². The highest BCUT2D eigenvalue weighted by Gasteiger charge is 2.22. The largest absolute Gasteiger partial charge is 0.482 e. The number of nitrogens with zero attached hydrogens (tertiary/aromatic N) is 1. The fraction of sp³-hybridized carbons (Fsp3) is 0.115. The van der Waals surface area contributed by atoms with Crippen LogP contribution < -0.4 is 13.8 Å². The van der Waals surface area contributed by atoms with Crippen LogP contribution in [0.2, 0.25) is 0 Å². The summed E-state index contributed by atoms with van der Waals surface area (Å²) in [6.45, 7) is -0.250. The molecule has 0 spiro atoms. The fourth-order valence-corrected chi connectivity index (χ4v) is 5.47. The molecule has 0 N–H and O–H groups in total. The highest BCUT2D eigenvalue weighted by atomic mass is 32.2. The van der Waals surface area contributed by atoms with Gasteiger partial charge in [0.05, 0.1) is 5.69 Å². The summed E-state index contributed by atoms with van der Waals surface area (Å²) in [7, 11) is -2.13. The maximum atomic E-state index is 12.6. The van der Waals surface area contributed by atoms with Gasteiger partial charge in [-0.25, -0.2) is 13.2 Å². The second kappa shape index (κ2) is 11.1. The first-order chi connectivity index (χ1) is 16.9. The molecule has 0 amide bonds. The van der Waals surface area contributed by atoms with Crippen molar-refractivity contribution in [2.75, 3.05) is 18.0 Å². The van der Waals surface area contributed by atoms with Crippen molar-refractivity contribution in [1.82, 2.24) is 0 Å². The van der Waals surface area contributed by atoms with Gasteiger partial charge in [0.1, 0.15) is 28.1 Å². The van der Waals surface area contributed by atoms with Gasteiger partial charge >= 0.3 is 5.97 Å². The molecule has 4 aromatic rings. The average Bonchev–Trinajstić information content (AvgIpc) is 3.44. The first kappa shape index (κ1) is 24.3. The van der Waals surface area contributed by atoms with Gasteiger partial charge in [0.2, 0.25) is 0 Å². The first-order valence-electron chi connectivity index (χ1n) is 10.7. The van der Waals surface area contributed by atoms with Crippen LogP contribution in [0.1, 0.15) is 5.56 Å². The van der Waals surface area contributed by atoms with Gasteiger partial charge < -0.3 is 14.2 Å². The minimum absolute atomic E-state index is 0.0372. The maximum absolute atomic E-state index is 12.6. The van der Waals surface area contributed by atoms with Crippen molar-refractivity contribution in [3.8, 4) is 17.2 Å². The van der Waals surface area contributed by atoms with Crippen LogP contribution in [0.4, 0.5) is 5.69 Å². The van der Waals surface area contributed by atoms with E-state index in [4.69, 9.17) is 14.2 Å². The molecule has 7 nitrogen and oxygen atoms in total. The molecule has 0 unspecified atom stereocenters. The molecule has 0 radical (unpaired) electrons. The molecule has 0 aliphatic heterocycles. The van der Waals surface area contributed by atoms with Gasteiger partial charge in [-0.3, -0.25) is 4.31 Å². The third kappa shape index (κ3) is 6.20. The molecule has 9 heteroatoms. The number of sulfonamides is 1. The summed E-state index contributed by atoms with van der Waals surface area (Å²) < 4.78 is 43.5. The van der Waals surface area contributed by atoms with Crippen LogP contribution in [-0.4, -0.2) is 28.0 Å². The Hall–Kier alpha value is -3.82. The fourth-order valence-electron chi connectivity index (χ4n) is 3.12. The number of carbonyl (C=O) groups excluding carboxylic acids is 1. The van der Waals surface area contributed by atoms with Crippen molar-refractivity contribution in [3.05, 3.63) is 102 Å². The molecule has 0 aliphatic rings. The molecule has 0 bridgehead atoms. The molecule has 180 valence electrons. The normalized spacial score (nSPS) is 11.0. The van der Waals surface area contributed by atoms with Gasteiger partial charge in [0, 0.05) is 12.6 Å². The minimum atomic E-state index is -3.62. The monoisotopic (exact) mass is 509 g/mol. The van der Waals surface area contributed by atoms with Crippen molar-refractivity contribution in [3.63, 3.8) is 0 Å². The number of hydrogen-bond donors (Lipinski definition) is 0. The van der Waals surface area contributed by atoms with Crippen LogP contribution in [0.25, 0.3) is 0 Å². The van der Waals surface area contributed by atoms with E-state index in [-0.39, 0.29) is 17.4 Å². The number of ether oxygens (including phenoxy) is 3. The molecule has 4 rings (SSSR count). The van der Waals surface area contributed by atoms with Crippen molar-refractivity contribution < 1.29 is 27.4 Å². The molecule has 35 heavy (non-hydrogen) atoms. The molecule has 3 aromatic carbocycles. The van der Waals surface area contributed by atoms with Gasteiger partial charge in [-0.05, 0) is 53.9 Å². The van der Waals surface area contributed by atoms with Gasteiger partial charge in [0.25, 0.3) is 10.0 Å². The SMILES string of the molecule is CN(c1ccc(OCC(=O)OCc2ccccc2Oc2ccccc2)cc1)S(=O)(=O)c1cccs1. The third-order valence-corrected chi connectivity index (χ3v) is 8.16. The summed E-state index contributed by atoms with van der Waals surface area (Å²) in [6, 6.07) is 26.4. The smallest absolute Gasteiger partial charge is 0.344 e.